The largest absolute Gasteiger partial charge is 0.387 e. The monoisotopic (exact) mass is 300 g/mol. The Morgan fingerprint density at radius 1 is 1.28 bits per heavy atom. The Bertz CT molecular complexity index is 543. The van der Waals surface area contributed by atoms with Crippen molar-refractivity contribution in [3.05, 3.63) is 55.2 Å². The van der Waals surface area contributed by atoms with Crippen LogP contribution in [0.1, 0.15) is 27.0 Å². The molecule has 2 aromatic rings. The molecule has 96 valence electrons. The van der Waals surface area contributed by atoms with Crippen molar-refractivity contribution in [2.45, 2.75) is 26.4 Å². The van der Waals surface area contributed by atoms with Crippen LogP contribution in [-0.2, 0) is 6.42 Å². The standard InChI is InChI=1S/C14H14Cl2OS/c1-8-6-13(18-9(8)2)12(17)7-10-4-3-5-11(15)14(10)16/h3-6,12,17H,7H2,1-2H3. The third-order valence-electron chi connectivity index (χ3n) is 2.96. The second-order valence-electron chi connectivity index (χ2n) is 4.32. The number of aryl methyl sites for hydroxylation is 2. The van der Waals surface area contributed by atoms with E-state index in [1.165, 1.54) is 10.4 Å². The Morgan fingerprint density at radius 2 is 2.00 bits per heavy atom. The molecule has 0 aliphatic heterocycles. The van der Waals surface area contributed by atoms with E-state index in [-0.39, 0.29) is 0 Å². The molecule has 1 heterocycles. The van der Waals surface area contributed by atoms with E-state index in [0.717, 1.165) is 10.4 Å². The van der Waals surface area contributed by atoms with E-state index < -0.39 is 6.10 Å². The molecule has 4 heteroatoms. The molecule has 0 aliphatic rings. The first-order valence-corrected chi connectivity index (χ1v) is 7.24. The van der Waals surface area contributed by atoms with Crippen molar-refractivity contribution in [2.75, 3.05) is 0 Å². The van der Waals surface area contributed by atoms with Crippen LogP contribution in [0.4, 0.5) is 0 Å². The normalized spacial score (nSPS) is 12.7. The van der Waals surface area contributed by atoms with Crippen molar-refractivity contribution in [1.29, 1.82) is 0 Å². The fraction of sp³-hybridized carbons (Fsp3) is 0.286. The van der Waals surface area contributed by atoms with E-state index in [1.54, 1.807) is 17.4 Å². The van der Waals surface area contributed by atoms with Gasteiger partial charge in [-0.15, -0.1) is 11.3 Å². The first-order chi connectivity index (χ1) is 8.49. The van der Waals surface area contributed by atoms with Crippen LogP contribution in [0, 0.1) is 13.8 Å². The topological polar surface area (TPSA) is 20.2 Å². The number of thiophene rings is 1. The predicted octanol–water partition coefficient (Wildman–Crippen LogP) is 4.95. The Morgan fingerprint density at radius 3 is 2.61 bits per heavy atom. The molecule has 0 aliphatic carbocycles. The molecule has 0 saturated carbocycles. The number of hydrogen-bond donors (Lipinski definition) is 1. The van der Waals surface area contributed by atoms with Gasteiger partial charge in [0, 0.05) is 16.2 Å². The Kier molecular flexibility index (Phi) is 4.33. The zero-order valence-electron chi connectivity index (χ0n) is 10.2. The smallest absolute Gasteiger partial charge is 0.0922 e. The lowest BCUT2D eigenvalue weighted by Gasteiger charge is -2.10. The van der Waals surface area contributed by atoms with Gasteiger partial charge in [-0.1, -0.05) is 35.3 Å². The van der Waals surface area contributed by atoms with E-state index in [2.05, 4.69) is 13.8 Å². The Hall–Kier alpha value is -0.540. The van der Waals surface area contributed by atoms with E-state index in [1.807, 2.05) is 18.2 Å². The maximum Gasteiger partial charge on any atom is 0.0922 e. The SMILES string of the molecule is Cc1cc(C(O)Cc2cccc(Cl)c2Cl)sc1C. The molecule has 0 saturated heterocycles. The number of hydrogen-bond acceptors (Lipinski definition) is 2. The van der Waals surface area contributed by atoms with Crippen molar-refractivity contribution in [3.8, 4) is 0 Å². The molecule has 18 heavy (non-hydrogen) atoms. The molecule has 1 nitrogen and oxygen atoms in total. The zero-order chi connectivity index (χ0) is 13.3. The number of aliphatic hydroxyl groups excluding tert-OH is 1. The predicted molar refractivity (Wildman–Crippen MR) is 78.9 cm³/mol. The molecule has 2 rings (SSSR count). The minimum absolute atomic E-state index is 0.485. The van der Waals surface area contributed by atoms with Gasteiger partial charge in [-0.05, 0) is 37.1 Å². The minimum atomic E-state index is -0.529. The lowest BCUT2D eigenvalue weighted by atomic mass is 10.1. The molecular formula is C14H14Cl2OS. The van der Waals surface area contributed by atoms with Gasteiger partial charge in [0.15, 0.2) is 0 Å². The Labute approximate surface area is 121 Å². The lowest BCUT2D eigenvalue weighted by Crippen LogP contribution is -2.00. The number of rotatable bonds is 3. The highest BCUT2D eigenvalue weighted by atomic mass is 35.5. The highest BCUT2D eigenvalue weighted by molar-refractivity contribution is 7.12. The summed E-state index contributed by atoms with van der Waals surface area (Å²) in [6.07, 6.45) is -0.0444. The van der Waals surface area contributed by atoms with E-state index in [0.29, 0.717) is 16.5 Å². The van der Waals surface area contributed by atoms with Gasteiger partial charge in [-0.2, -0.15) is 0 Å². The quantitative estimate of drug-likeness (QED) is 0.850. The molecule has 1 atom stereocenters. The molecule has 0 spiro atoms. The van der Waals surface area contributed by atoms with E-state index in [4.69, 9.17) is 23.2 Å². The van der Waals surface area contributed by atoms with Crippen LogP contribution < -0.4 is 0 Å². The van der Waals surface area contributed by atoms with Crippen LogP contribution in [0.5, 0.6) is 0 Å². The summed E-state index contributed by atoms with van der Waals surface area (Å²) in [7, 11) is 0. The highest BCUT2D eigenvalue weighted by Crippen LogP contribution is 2.32. The van der Waals surface area contributed by atoms with Gasteiger partial charge in [0.1, 0.15) is 0 Å². The summed E-state index contributed by atoms with van der Waals surface area (Å²) >= 11 is 13.7. The first kappa shape index (κ1) is 13.9. The number of aliphatic hydroxyl groups is 1. The van der Waals surface area contributed by atoms with Gasteiger partial charge in [0.2, 0.25) is 0 Å². The van der Waals surface area contributed by atoms with Crippen molar-refractivity contribution in [2.24, 2.45) is 0 Å². The van der Waals surface area contributed by atoms with Gasteiger partial charge < -0.3 is 5.11 Å². The van der Waals surface area contributed by atoms with Gasteiger partial charge >= 0.3 is 0 Å². The third-order valence-corrected chi connectivity index (χ3v) is 5.07. The molecule has 1 unspecified atom stereocenters. The molecule has 0 amide bonds. The highest BCUT2D eigenvalue weighted by Gasteiger charge is 2.15. The van der Waals surface area contributed by atoms with Crippen molar-refractivity contribution in [1.82, 2.24) is 0 Å². The first-order valence-electron chi connectivity index (χ1n) is 5.67. The zero-order valence-corrected chi connectivity index (χ0v) is 12.5. The van der Waals surface area contributed by atoms with Gasteiger partial charge in [-0.25, -0.2) is 0 Å². The van der Waals surface area contributed by atoms with Crippen LogP contribution in [0.2, 0.25) is 10.0 Å². The van der Waals surface area contributed by atoms with Gasteiger partial charge in [0.05, 0.1) is 16.1 Å². The number of halogens is 2. The molecule has 1 aromatic carbocycles. The van der Waals surface area contributed by atoms with E-state index in [9.17, 15) is 5.11 Å². The average molecular weight is 301 g/mol. The second-order valence-corrected chi connectivity index (χ2v) is 6.39. The average Bonchev–Trinajstić information content (AvgIpc) is 2.66. The summed E-state index contributed by atoms with van der Waals surface area (Å²) in [4.78, 5) is 2.21. The van der Waals surface area contributed by atoms with Crippen LogP contribution >= 0.6 is 34.5 Å². The summed E-state index contributed by atoms with van der Waals surface area (Å²) in [6, 6.07) is 7.52. The molecule has 0 radical (unpaired) electrons. The molecule has 1 N–H and O–H groups in total. The third kappa shape index (κ3) is 2.89. The van der Waals surface area contributed by atoms with Crippen molar-refractivity contribution < 1.29 is 5.11 Å². The minimum Gasteiger partial charge on any atom is -0.387 e. The Balaban J connectivity index is 2.21. The van der Waals surface area contributed by atoms with Crippen LogP contribution in [0.25, 0.3) is 0 Å². The fourth-order valence-electron chi connectivity index (χ4n) is 1.78. The summed E-state index contributed by atoms with van der Waals surface area (Å²) in [5.41, 5.74) is 2.09. The molecule has 1 aromatic heterocycles. The summed E-state index contributed by atoms with van der Waals surface area (Å²) in [5, 5.41) is 11.3. The number of benzene rings is 1. The van der Waals surface area contributed by atoms with Crippen LogP contribution in [0.15, 0.2) is 24.3 Å². The van der Waals surface area contributed by atoms with Crippen molar-refractivity contribution >= 4 is 34.5 Å². The fourth-order valence-corrected chi connectivity index (χ4v) is 3.21. The molecular weight excluding hydrogens is 287 g/mol. The van der Waals surface area contributed by atoms with Crippen LogP contribution in [0.3, 0.4) is 0 Å². The van der Waals surface area contributed by atoms with Gasteiger partial charge in [0.25, 0.3) is 0 Å². The summed E-state index contributed by atoms with van der Waals surface area (Å²) in [5.74, 6) is 0. The van der Waals surface area contributed by atoms with Gasteiger partial charge in [-0.3, -0.25) is 0 Å². The van der Waals surface area contributed by atoms with Crippen LogP contribution in [-0.4, -0.2) is 5.11 Å². The molecule has 0 fully saturated rings. The van der Waals surface area contributed by atoms with E-state index >= 15 is 0 Å². The lowest BCUT2D eigenvalue weighted by molar-refractivity contribution is 0.182. The maximum atomic E-state index is 10.2. The summed E-state index contributed by atoms with van der Waals surface area (Å²) in [6.45, 7) is 4.11. The summed E-state index contributed by atoms with van der Waals surface area (Å²) < 4.78 is 0. The second kappa shape index (κ2) is 5.62. The maximum absolute atomic E-state index is 10.2. The molecule has 0 bridgehead atoms. The van der Waals surface area contributed by atoms with Crippen molar-refractivity contribution in [3.63, 3.8) is 0 Å².